The molecule has 166 valence electrons. The average Bonchev–Trinajstić information content (AvgIpc) is 3.13. The van der Waals surface area contributed by atoms with Crippen LogP contribution in [-0.4, -0.2) is 67.1 Å². The van der Waals surface area contributed by atoms with Gasteiger partial charge in [0.15, 0.2) is 11.8 Å². The van der Waals surface area contributed by atoms with Gasteiger partial charge in [0.1, 0.15) is 0 Å². The van der Waals surface area contributed by atoms with Crippen molar-refractivity contribution >= 4 is 16.0 Å². The van der Waals surface area contributed by atoms with E-state index >= 15 is 0 Å². The van der Waals surface area contributed by atoms with Crippen LogP contribution in [0.4, 0.5) is 13.2 Å². The Morgan fingerprint density at radius 2 is 2.00 bits per heavy atom. The fourth-order valence-electron chi connectivity index (χ4n) is 2.83. The van der Waals surface area contributed by atoms with Crippen LogP contribution in [-0.2, 0) is 16.4 Å². The Kier molecular flexibility index (Phi) is 7.86. The minimum Gasteiger partial charge on any atom is -0.356 e. The number of aromatic nitrogens is 2. The van der Waals surface area contributed by atoms with Crippen molar-refractivity contribution in [2.24, 2.45) is 4.99 Å². The molecule has 0 radical (unpaired) electrons. The van der Waals surface area contributed by atoms with E-state index < -0.39 is 15.5 Å². The highest BCUT2D eigenvalue weighted by atomic mass is 32.2. The zero-order valence-corrected chi connectivity index (χ0v) is 17.5. The van der Waals surface area contributed by atoms with Gasteiger partial charge in [0.2, 0.25) is 5.89 Å². The van der Waals surface area contributed by atoms with Crippen LogP contribution in [0.15, 0.2) is 9.52 Å². The van der Waals surface area contributed by atoms with Gasteiger partial charge in [0, 0.05) is 45.1 Å². The molecule has 0 aromatic carbocycles. The number of alkyl halides is 3. The van der Waals surface area contributed by atoms with E-state index in [9.17, 15) is 21.6 Å². The molecule has 9 nitrogen and oxygen atoms in total. The summed E-state index contributed by atoms with van der Waals surface area (Å²) in [6.45, 7) is 4.17. The second-order valence-electron chi connectivity index (χ2n) is 7.07. The first-order chi connectivity index (χ1) is 13.5. The number of hydrogen-bond acceptors (Lipinski definition) is 6. The number of guanidine groups is 1. The summed E-state index contributed by atoms with van der Waals surface area (Å²) >= 11 is 0. The Morgan fingerprint density at radius 3 is 2.52 bits per heavy atom. The van der Waals surface area contributed by atoms with Gasteiger partial charge in [-0.05, 0) is 19.3 Å². The van der Waals surface area contributed by atoms with E-state index in [0.29, 0.717) is 34.9 Å². The maximum Gasteiger partial charge on any atom is 0.511 e. The number of rotatable bonds is 7. The molecule has 2 heterocycles. The number of piperidine rings is 1. The quantitative estimate of drug-likeness (QED) is 0.376. The molecule has 1 aliphatic rings. The van der Waals surface area contributed by atoms with E-state index in [2.05, 4.69) is 25.8 Å². The van der Waals surface area contributed by atoms with E-state index in [1.54, 1.807) is 7.05 Å². The summed E-state index contributed by atoms with van der Waals surface area (Å²) in [5.41, 5.74) is -5.26. The number of sulfonamides is 1. The lowest BCUT2D eigenvalue weighted by molar-refractivity contribution is -0.0494. The molecular weight excluding hydrogens is 413 g/mol. The van der Waals surface area contributed by atoms with Crippen molar-refractivity contribution in [1.29, 1.82) is 0 Å². The number of aliphatic imine (C=N–C) groups is 1. The first-order valence-corrected chi connectivity index (χ1v) is 10.8. The van der Waals surface area contributed by atoms with Crippen LogP contribution < -0.4 is 10.6 Å². The molecule has 2 rings (SSSR count). The monoisotopic (exact) mass is 440 g/mol. The van der Waals surface area contributed by atoms with Crippen LogP contribution >= 0.6 is 0 Å². The molecule has 0 aliphatic carbocycles. The Labute approximate surface area is 168 Å². The Morgan fingerprint density at radius 1 is 1.34 bits per heavy atom. The number of halogens is 3. The lowest BCUT2D eigenvalue weighted by Gasteiger charge is -2.32. The van der Waals surface area contributed by atoms with Gasteiger partial charge in [-0.2, -0.15) is 22.5 Å². The van der Waals surface area contributed by atoms with Gasteiger partial charge >= 0.3 is 15.5 Å². The predicted molar refractivity (Wildman–Crippen MR) is 101 cm³/mol. The van der Waals surface area contributed by atoms with Crippen molar-refractivity contribution in [3.05, 3.63) is 11.7 Å². The molecule has 0 spiro atoms. The first kappa shape index (κ1) is 23.4. The van der Waals surface area contributed by atoms with Crippen LogP contribution in [0.3, 0.4) is 0 Å². The smallest absolute Gasteiger partial charge is 0.356 e. The van der Waals surface area contributed by atoms with Gasteiger partial charge < -0.3 is 15.2 Å². The summed E-state index contributed by atoms with van der Waals surface area (Å²) in [5.74, 6) is 1.95. The Balaban J connectivity index is 1.72. The third-order valence-electron chi connectivity index (χ3n) is 4.51. The molecule has 1 aromatic rings. The van der Waals surface area contributed by atoms with Crippen molar-refractivity contribution in [3.8, 4) is 0 Å². The highest BCUT2D eigenvalue weighted by Crippen LogP contribution is 2.28. The van der Waals surface area contributed by atoms with E-state index in [-0.39, 0.29) is 37.9 Å². The minimum absolute atomic E-state index is 0.162. The predicted octanol–water partition coefficient (Wildman–Crippen LogP) is 1.60. The first-order valence-electron chi connectivity index (χ1n) is 9.40. The van der Waals surface area contributed by atoms with Gasteiger partial charge in [-0.25, -0.2) is 8.42 Å². The molecular formula is C16H27F3N6O3S. The molecule has 1 aliphatic heterocycles. The highest BCUT2D eigenvalue weighted by Gasteiger charge is 2.50. The lowest BCUT2D eigenvalue weighted by atomic mass is 10.1. The summed E-state index contributed by atoms with van der Waals surface area (Å²) in [4.78, 5) is 8.39. The molecule has 0 bridgehead atoms. The summed E-state index contributed by atoms with van der Waals surface area (Å²) in [6, 6.07) is -0.162. The molecule has 0 saturated carbocycles. The van der Waals surface area contributed by atoms with Crippen molar-refractivity contribution in [1.82, 2.24) is 25.1 Å². The van der Waals surface area contributed by atoms with Crippen LogP contribution in [0.5, 0.6) is 0 Å². The van der Waals surface area contributed by atoms with E-state index in [0.717, 1.165) is 6.42 Å². The highest BCUT2D eigenvalue weighted by molar-refractivity contribution is 7.90. The average molecular weight is 440 g/mol. The van der Waals surface area contributed by atoms with Crippen LogP contribution in [0.1, 0.15) is 50.7 Å². The summed E-state index contributed by atoms with van der Waals surface area (Å²) in [7, 11) is -3.68. The zero-order chi connectivity index (χ0) is 21.7. The van der Waals surface area contributed by atoms with Crippen molar-refractivity contribution in [2.75, 3.05) is 26.7 Å². The number of nitrogens with zero attached hydrogens (tertiary/aromatic N) is 4. The maximum absolute atomic E-state index is 12.6. The lowest BCUT2D eigenvalue weighted by Crippen LogP contribution is -2.51. The van der Waals surface area contributed by atoms with Gasteiger partial charge in [-0.15, -0.1) is 0 Å². The van der Waals surface area contributed by atoms with Crippen molar-refractivity contribution in [3.63, 3.8) is 0 Å². The van der Waals surface area contributed by atoms with Gasteiger partial charge in [0.05, 0.1) is 0 Å². The summed E-state index contributed by atoms with van der Waals surface area (Å²) in [6.07, 6.45) is 1.85. The second kappa shape index (κ2) is 9.74. The Hall–Kier alpha value is -1.89. The molecule has 13 heteroatoms. The van der Waals surface area contributed by atoms with Crippen LogP contribution in [0.2, 0.25) is 0 Å². The molecule has 0 amide bonds. The fraction of sp³-hybridized carbons (Fsp3) is 0.812. The number of aryl methyl sites for hydroxylation is 1. The van der Waals surface area contributed by atoms with Crippen LogP contribution in [0, 0.1) is 0 Å². The molecule has 1 aromatic heterocycles. The SMILES string of the molecule is CN=C(NCCCc1nc(C(C)C)no1)NC1CCN(S(=O)(=O)C(F)(F)F)CC1. The second-order valence-corrected chi connectivity index (χ2v) is 9.00. The van der Waals surface area contributed by atoms with E-state index in [1.165, 1.54) is 0 Å². The molecule has 2 N–H and O–H groups in total. The zero-order valence-electron chi connectivity index (χ0n) is 16.7. The molecule has 0 unspecified atom stereocenters. The largest absolute Gasteiger partial charge is 0.511 e. The van der Waals surface area contributed by atoms with Crippen LogP contribution in [0.25, 0.3) is 0 Å². The normalized spacial score (nSPS) is 17.7. The molecule has 1 saturated heterocycles. The van der Waals surface area contributed by atoms with Gasteiger partial charge in [-0.3, -0.25) is 4.99 Å². The third-order valence-corrected chi connectivity index (χ3v) is 6.14. The fourth-order valence-corrected chi connectivity index (χ4v) is 3.81. The van der Waals surface area contributed by atoms with Gasteiger partial charge in [-0.1, -0.05) is 19.0 Å². The standard InChI is InChI=1S/C16H27F3N6O3S/c1-11(2)14-23-13(28-24-14)5-4-8-21-15(20-3)22-12-6-9-25(10-7-12)29(26,27)16(17,18)19/h11-12H,4-10H2,1-3H3,(H2,20,21,22). The summed E-state index contributed by atoms with van der Waals surface area (Å²) < 4.78 is 66.4. The number of hydrogen-bond donors (Lipinski definition) is 2. The van der Waals surface area contributed by atoms with E-state index in [4.69, 9.17) is 4.52 Å². The molecule has 29 heavy (non-hydrogen) atoms. The van der Waals surface area contributed by atoms with E-state index in [1.807, 2.05) is 13.8 Å². The molecule has 0 atom stereocenters. The maximum atomic E-state index is 12.6. The molecule has 1 fully saturated rings. The Bertz CT molecular complexity index is 786. The van der Waals surface area contributed by atoms with Gasteiger partial charge in [0.25, 0.3) is 0 Å². The number of nitrogens with one attached hydrogen (secondary N) is 2. The van der Waals surface area contributed by atoms with Crippen molar-refractivity contribution in [2.45, 2.75) is 57.0 Å². The summed E-state index contributed by atoms with van der Waals surface area (Å²) in [5, 5.41) is 10.1. The topological polar surface area (TPSA) is 113 Å². The van der Waals surface area contributed by atoms with Crippen molar-refractivity contribution < 1.29 is 26.1 Å². The minimum atomic E-state index is -5.26. The third kappa shape index (κ3) is 6.29.